The molecule has 2 atom stereocenters. The molecule has 0 spiro atoms. The topological polar surface area (TPSA) is 46.3 Å². The normalized spacial score (nSPS) is 20.7. The lowest BCUT2D eigenvalue weighted by Gasteiger charge is -2.35. The zero-order valence-electron chi connectivity index (χ0n) is 14.5. The molecule has 2 heterocycles. The zero-order chi connectivity index (χ0) is 18.0. The van der Waals surface area contributed by atoms with Crippen LogP contribution in [0.25, 0.3) is 11.3 Å². The van der Waals surface area contributed by atoms with Crippen LogP contribution in [0, 0.1) is 11.8 Å². The molecule has 2 aromatic rings. The second-order valence-electron chi connectivity index (χ2n) is 6.99. The molecule has 1 aromatic carbocycles. The number of carbonyl (C=O) groups is 1. The number of rotatable bonds is 4. The molecule has 0 unspecified atom stereocenters. The van der Waals surface area contributed by atoms with Crippen molar-refractivity contribution in [3.63, 3.8) is 0 Å². The van der Waals surface area contributed by atoms with Gasteiger partial charge in [0.15, 0.2) is 11.7 Å². The molecule has 1 aromatic heterocycles. The van der Waals surface area contributed by atoms with Crippen molar-refractivity contribution in [2.24, 2.45) is 11.8 Å². The largest absolute Gasteiger partial charge is 0.441 e. The number of oxazole rings is 1. The van der Waals surface area contributed by atoms with Crippen molar-refractivity contribution in [3.05, 3.63) is 40.3 Å². The van der Waals surface area contributed by atoms with Crippen LogP contribution in [0.3, 0.4) is 0 Å². The lowest BCUT2D eigenvalue weighted by Crippen LogP contribution is -2.42. The molecule has 1 aliphatic rings. The molecule has 3 rings (SSSR count). The third-order valence-corrected chi connectivity index (χ3v) is 5.07. The highest BCUT2D eigenvalue weighted by Gasteiger charge is 2.25. The van der Waals surface area contributed by atoms with Crippen molar-refractivity contribution >= 4 is 29.1 Å². The predicted octanol–water partition coefficient (Wildman–Crippen LogP) is 5.09. The molecule has 1 saturated heterocycles. The lowest BCUT2D eigenvalue weighted by molar-refractivity contribution is -0.133. The van der Waals surface area contributed by atoms with Gasteiger partial charge in [-0.05, 0) is 36.5 Å². The van der Waals surface area contributed by atoms with Crippen LogP contribution in [0.2, 0.25) is 10.0 Å². The highest BCUT2D eigenvalue weighted by atomic mass is 35.5. The van der Waals surface area contributed by atoms with Gasteiger partial charge in [-0.25, -0.2) is 4.98 Å². The molecule has 1 amide bonds. The summed E-state index contributed by atoms with van der Waals surface area (Å²) in [6.07, 6.45) is 3.73. The third-order valence-electron chi connectivity index (χ3n) is 4.52. The number of piperidine rings is 1. The Morgan fingerprint density at radius 1 is 1.28 bits per heavy atom. The molecule has 0 bridgehead atoms. The monoisotopic (exact) mass is 380 g/mol. The summed E-state index contributed by atoms with van der Waals surface area (Å²) in [4.78, 5) is 18.7. The van der Waals surface area contributed by atoms with Crippen molar-refractivity contribution in [3.8, 4) is 11.3 Å². The molecule has 1 fully saturated rings. The van der Waals surface area contributed by atoms with Gasteiger partial charge in [0.2, 0.25) is 5.91 Å². The van der Waals surface area contributed by atoms with E-state index in [-0.39, 0.29) is 5.91 Å². The van der Waals surface area contributed by atoms with E-state index in [2.05, 4.69) is 18.8 Å². The van der Waals surface area contributed by atoms with Gasteiger partial charge in [-0.1, -0.05) is 37.0 Å². The second-order valence-corrected chi connectivity index (χ2v) is 7.83. The van der Waals surface area contributed by atoms with E-state index in [1.165, 1.54) is 6.42 Å². The maximum atomic E-state index is 12.5. The highest BCUT2D eigenvalue weighted by molar-refractivity contribution is 6.36. The average molecular weight is 381 g/mol. The zero-order valence-corrected chi connectivity index (χ0v) is 16.0. The summed E-state index contributed by atoms with van der Waals surface area (Å²) < 4.78 is 5.76. The average Bonchev–Trinajstić information content (AvgIpc) is 3.00. The number of halogens is 2. The maximum Gasteiger partial charge on any atom is 0.223 e. The second kappa shape index (κ2) is 7.79. The van der Waals surface area contributed by atoms with E-state index in [1.54, 1.807) is 24.4 Å². The number of aryl methyl sites for hydroxylation is 1. The van der Waals surface area contributed by atoms with E-state index >= 15 is 0 Å². The summed E-state index contributed by atoms with van der Waals surface area (Å²) in [5.74, 6) is 2.43. The van der Waals surface area contributed by atoms with Crippen LogP contribution in [-0.4, -0.2) is 28.9 Å². The molecule has 134 valence electrons. The molecule has 1 aliphatic heterocycles. The van der Waals surface area contributed by atoms with E-state index < -0.39 is 0 Å². The molecular formula is C19H22Cl2N2O2. The van der Waals surface area contributed by atoms with Crippen molar-refractivity contribution < 1.29 is 9.21 Å². The minimum Gasteiger partial charge on any atom is -0.441 e. The molecule has 0 N–H and O–H groups in total. The number of hydrogen-bond donors (Lipinski definition) is 0. The minimum absolute atomic E-state index is 0.169. The van der Waals surface area contributed by atoms with Crippen LogP contribution in [0.5, 0.6) is 0 Å². The number of benzene rings is 1. The molecule has 4 nitrogen and oxygen atoms in total. The van der Waals surface area contributed by atoms with Crippen LogP contribution in [0.1, 0.15) is 32.6 Å². The SMILES string of the molecule is C[C@@H]1C[C@H](C)CN(C(=O)CCc2ncc(-c3ccc(Cl)cc3Cl)o2)C1. The fourth-order valence-electron chi connectivity index (χ4n) is 3.48. The molecule has 25 heavy (non-hydrogen) atoms. The molecular weight excluding hydrogens is 359 g/mol. The Balaban J connectivity index is 1.61. The van der Waals surface area contributed by atoms with Crippen molar-refractivity contribution in [2.75, 3.05) is 13.1 Å². The van der Waals surface area contributed by atoms with Gasteiger partial charge in [0, 0.05) is 36.5 Å². The van der Waals surface area contributed by atoms with E-state index in [9.17, 15) is 4.79 Å². The number of aromatic nitrogens is 1. The third kappa shape index (κ3) is 4.56. The first-order valence-electron chi connectivity index (χ1n) is 8.60. The Labute approximate surface area is 158 Å². The Hall–Kier alpha value is -1.52. The van der Waals surface area contributed by atoms with Crippen LogP contribution in [-0.2, 0) is 11.2 Å². The van der Waals surface area contributed by atoms with Gasteiger partial charge in [0.25, 0.3) is 0 Å². The summed E-state index contributed by atoms with van der Waals surface area (Å²) in [5.41, 5.74) is 0.745. The van der Waals surface area contributed by atoms with E-state index in [0.717, 1.165) is 18.7 Å². The van der Waals surface area contributed by atoms with E-state index in [1.807, 2.05) is 4.90 Å². The first kappa shape index (κ1) is 18.3. The standard InChI is InChI=1S/C19H22Cl2N2O2/c1-12-7-13(2)11-23(10-12)19(24)6-5-18-22-9-17(25-18)15-4-3-14(20)8-16(15)21/h3-4,8-9,12-13H,5-7,10-11H2,1-2H3/t12-,13+. The number of amides is 1. The summed E-state index contributed by atoms with van der Waals surface area (Å²) in [6.45, 7) is 6.10. The quantitative estimate of drug-likeness (QED) is 0.742. The smallest absolute Gasteiger partial charge is 0.223 e. The Morgan fingerprint density at radius 3 is 2.68 bits per heavy atom. The summed E-state index contributed by atoms with van der Waals surface area (Å²) in [6, 6.07) is 5.23. The van der Waals surface area contributed by atoms with Gasteiger partial charge < -0.3 is 9.32 Å². The van der Waals surface area contributed by atoms with Crippen LogP contribution < -0.4 is 0 Å². The number of carbonyl (C=O) groups excluding carboxylic acids is 1. The first-order valence-corrected chi connectivity index (χ1v) is 9.36. The predicted molar refractivity (Wildman–Crippen MR) is 99.8 cm³/mol. The molecule has 0 saturated carbocycles. The van der Waals surface area contributed by atoms with Gasteiger partial charge >= 0.3 is 0 Å². The van der Waals surface area contributed by atoms with Gasteiger partial charge in [-0.2, -0.15) is 0 Å². The Bertz CT molecular complexity index is 750. The van der Waals surface area contributed by atoms with Crippen LogP contribution in [0.4, 0.5) is 0 Å². The fourth-order valence-corrected chi connectivity index (χ4v) is 3.98. The summed E-state index contributed by atoms with van der Waals surface area (Å²) >= 11 is 12.1. The van der Waals surface area contributed by atoms with Gasteiger partial charge in [0.05, 0.1) is 11.2 Å². The van der Waals surface area contributed by atoms with E-state index in [4.69, 9.17) is 27.6 Å². The van der Waals surface area contributed by atoms with Crippen molar-refractivity contribution in [1.29, 1.82) is 0 Å². The van der Waals surface area contributed by atoms with Gasteiger partial charge in [-0.3, -0.25) is 4.79 Å². The van der Waals surface area contributed by atoms with Crippen LogP contribution >= 0.6 is 23.2 Å². The minimum atomic E-state index is 0.169. The number of likely N-dealkylation sites (tertiary alicyclic amines) is 1. The van der Waals surface area contributed by atoms with Gasteiger partial charge in [-0.15, -0.1) is 0 Å². The molecule has 0 radical (unpaired) electrons. The Kier molecular flexibility index (Phi) is 5.70. The number of hydrogen-bond acceptors (Lipinski definition) is 3. The molecule has 0 aliphatic carbocycles. The molecule has 6 heteroatoms. The van der Waals surface area contributed by atoms with Crippen molar-refractivity contribution in [1.82, 2.24) is 9.88 Å². The number of nitrogens with zero attached hydrogens (tertiary/aromatic N) is 2. The first-order chi connectivity index (χ1) is 11.9. The summed E-state index contributed by atoms with van der Waals surface area (Å²) in [7, 11) is 0. The van der Waals surface area contributed by atoms with Gasteiger partial charge in [0.1, 0.15) is 0 Å². The Morgan fingerprint density at radius 2 is 2.00 bits per heavy atom. The van der Waals surface area contributed by atoms with Crippen LogP contribution in [0.15, 0.2) is 28.8 Å². The highest BCUT2D eigenvalue weighted by Crippen LogP contribution is 2.31. The fraction of sp³-hybridized carbons (Fsp3) is 0.474. The lowest BCUT2D eigenvalue weighted by atomic mass is 9.91. The van der Waals surface area contributed by atoms with Crippen molar-refractivity contribution in [2.45, 2.75) is 33.1 Å². The summed E-state index contributed by atoms with van der Waals surface area (Å²) in [5, 5.41) is 1.09. The van der Waals surface area contributed by atoms with E-state index in [0.29, 0.717) is 46.4 Å². The maximum absolute atomic E-state index is 12.5.